The third-order valence-electron chi connectivity index (χ3n) is 1.76. The summed E-state index contributed by atoms with van der Waals surface area (Å²) in [7, 11) is -7.41. The zero-order valence-electron chi connectivity index (χ0n) is 11.3. The zero-order chi connectivity index (χ0) is 11.9. The molecule has 0 aromatic heterocycles. The first-order chi connectivity index (χ1) is 6.52. The van der Waals surface area contributed by atoms with Gasteiger partial charge in [0.15, 0.2) is 0 Å². The largest absolute Gasteiger partial charge is 0.416 e. The van der Waals surface area contributed by atoms with Gasteiger partial charge >= 0.3 is 35.0 Å². The average Bonchev–Trinajstić information content (AvgIpc) is 1.71. The molecule has 91 valence electrons. The Hall–Kier alpha value is -0.292. The van der Waals surface area contributed by atoms with Gasteiger partial charge in [-0.3, -0.25) is 0 Å². The van der Waals surface area contributed by atoms with E-state index in [0.717, 1.165) is 0 Å². The van der Waals surface area contributed by atoms with Gasteiger partial charge in [0, 0.05) is 0 Å². The summed E-state index contributed by atoms with van der Waals surface area (Å²) in [5, 5.41) is 0. The summed E-state index contributed by atoms with van der Waals surface area (Å²) >= 11 is 0. The predicted octanol–water partition coefficient (Wildman–Crippen LogP) is 2.29. The summed E-state index contributed by atoms with van der Waals surface area (Å²) in [5.74, 6) is 0. The van der Waals surface area contributed by atoms with Crippen molar-refractivity contribution in [2.75, 3.05) is 0 Å². The van der Waals surface area contributed by atoms with Crippen LogP contribution in [-0.2, 0) is 16.5 Å². The molecule has 0 spiro atoms. The molecule has 0 aromatic rings. The molecule has 1 rings (SSSR count). The van der Waals surface area contributed by atoms with Gasteiger partial charge < -0.3 is 16.5 Å². The molecule has 0 N–H and O–H groups in total. The molecule has 0 saturated carbocycles. The molecule has 1 fully saturated rings. The van der Waals surface area contributed by atoms with Crippen LogP contribution in [0, 0.1) is 0 Å². The fourth-order valence-corrected chi connectivity index (χ4v) is 19.1. The molecular formula is C7H21O4RfSi4. The van der Waals surface area contributed by atoms with E-state index < -0.39 is 35.0 Å². The van der Waals surface area contributed by atoms with E-state index in [1.807, 2.05) is 6.55 Å². The van der Waals surface area contributed by atoms with Crippen LogP contribution in [-0.4, -0.2) is 35.0 Å². The third kappa shape index (κ3) is 4.70. The van der Waals surface area contributed by atoms with E-state index in [1.54, 1.807) is 0 Å². The van der Waals surface area contributed by atoms with Crippen LogP contribution >= 0.6 is 0 Å². The number of hydrogen-bond acceptors (Lipinski definition) is 4. The van der Waals surface area contributed by atoms with Crippen LogP contribution in [0.3, 0.4) is 0 Å². The predicted molar refractivity (Wildman–Crippen MR) is 68.4 cm³/mol. The average molecular weight is 549 g/mol. The van der Waals surface area contributed by atoms with E-state index in [2.05, 4.69) is 39.3 Å². The molecule has 0 bridgehead atoms. The van der Waals surface area contributed by atoms with E-state index in [9.17, 15) is 0 Å². The summed E-state index contributed by atoms with van der Waals surface area (Å²) in [4.78, 5) is 0. The number of hydrogen-bond donors (Lipinski definition) is 0. The minimum atomic E-state index is -2.08. The van der Waals surface area contributed by atoms with Crippen molar-refractivity contribution >= 4 is 35.0 Å². The molecule has 0 aromatic carbocycles. The third-order valence-corrected chi connectivity index (χ3v) is 15.9. The van der Waals surface area contributed by atoms with Crippen LogP contribution in [0.4, 0.5) is 0 Å². The van der Waals surface area contributed by atoms with E-state index in [4.69, 9.17) is 16.5 Å². The Morgan fingerprint density at radius 2 is 1.00 bits per heavy atom. The van der Waals surface area contributed by atoms with Crippen molar-refractivity contribution in [2.24, 2.45) is 0 Å². The van der Waals surface area contributed by atoms with Crippen LogP contribution in [0.25, 0.3) is 0 Å². The molecule has 9 heteroatoms. The Morgan fingerprint density at radius 3 is 1.31 bits per heavy atom. The normalized spacial score (nSPS) is 28.7. The van der Waals surface area contributed by atoms with Crippen molar-refractivity contribution in [3.05, 3.63) is 0 Å². The molecule has 4 nitrogen and oxygen atoms in total. The van der Waals surface area contributed by atoms with Gasteiger partial charge in [-0.05, 0) is 45.8 Å². The Balaban J connectivity index is 0.00000225. The topological polar surface area (TPSA) is 36.9 Å². The maximum absolute atomic E-state index is 6.09. The van der Waals surface area contributed by atoms with Crippen molar-refractivity contribution in [3.63, 3.8) is 0 Å². The van der Waals surface area contributed by atoms with Gasteiger partial charge in [0.25, 0.3) is 0 Å². The molecule has 16 heavy (non-hydrogen) atoms. The standard InChI is InChI=1S/C7H21O4Si4.Rf/c1-12-8-13(2,3)10-15(6,7)11-14(4,5)9-12;/h1-7H3;. The summed E-state index contributed by atoms with van der Waals surface area (Å²) < 4.78 is 24.0. The van der Waals surface area contributed by atoms with Gasteiger partial charge in [-0.25, -0.2) is 0 Å². The van der Waals surface area contributed by atoms with Crippen molar-refractivity contribution < 1.29 is 16.5 Å². The van der Waals surface area contributed by atoms with Gasteiger partial charge in [0.1, 0.15) is 0 Å². The zero-order valence-corrected chi connectivity index (χ0v) is 21.7. The van der Waals surface area contributed by atoms with Gasteiger partial charge in [-0.2, -0.15) is 0 Å². The van der Waals surface area contributed by atoms with E-state index in [0.29, 0.717) is 0 Å². The summed E-state index contributed by atoms with van der Waals surface area (Å²) in [6.45, 7) is 14.4. The Labute approximate surface area is 97.5 Å². The van der Waals surface area contributed by atoms with E-state index >= 15 is 0 Å². The first-order valence-electron chi connectivity index (χ1n) is 5.13. The monoisotopic (exact) mass is 548 g/mol. The summed E-state index contributed by atoms with van der Waals surface area (Å²) in [5.41, 5.74) is 0. The van der Waals surface area contributed by atoms with Crippen molar-refractivity contribution in [2.45, 2.75) is 45.8 Å². The Bertz CT molecular complexity index is 227. The first kappa shape index (κ1) is 15.7. The van der Waals surface area contributed by atoms with Crippen LogP contribution in [0.5, 0.6) is 0 Å². The smallest absolute Gasteiger partial charge is 0.362 e. The Morgan fingerprint density at radius 1 is 0.688 bits per heavy atom. The molecule has 0 amide bonds. The van der Waals surface area contributed by atoms with Gasteiger partial charge in [-0.15, -0.1) is 0 Å². The second-order valence-corrected chi connectivity index (χ2v) is 17.7. The molecule has 0 atom stereocenters. The fraction of sp³-hybridized carbons (Fsp3) is 1.00. The fourth-order valence-electron chi connectivity index (χ4n) is 1.96. The first-order valence-corrected chi connectivity index (χ1v) is 15.4. The molecule has 1 saturated heterocycles. The maximum atomic E-state index is 6.09. The molecular weight excluding hydrogens is 527 g/mol. The van der Waals surface area contributed by atoms with E-state index in [-0.39, 0.29) is 0 Å². The van der Waals surface area contributed by atoms with Crippen molar-refractivity contribution in [1.29, 1.82) is 0 Å². The minimum absolute atomic E-state index is 0. The summed E-state index contributed by atoms with van der Waals surface area (Å²) in [6, 6.07) is 0. The van der Waals surface area contributed by atoms with Gasteiger partial charge in [0.2, 0.25) is 0 Å². The molecule has 1 aliphatic rings. The van der Waals surface area contributed by atoms with Gasteiger partial charge in [0.05, 0.1) is 0 Å². The second-order valence-electron chi connectivity index (χ2n) is 5.10. The van der Waals surface area contributed by atoms with Crippen LogP contribution < -0.4 is 0 Å². The van der Waals surface area contributed by atoms with Crippen molar-refractivity contribution in [3.8, 4) is 0 Å². The van der Waals surface area contributed by atoms with Crippen LogP contribution in [0.2, 0.25) is 45.8 Å². The van der Waals surface area contributed by atoms with Crippen LogP contribution in [0.15, 0.2) is 0 Å². The van der Waals surface area contributed by atoms with Crippen LogP contribution in [0.1, 0.15) is 0 Å². The molecule has 1 heterocycles. The SMILES string of the molecule is C[Si]1O[Si](C)(C)O[Si](C)(C)O[Si](C)(C)O1.[Rf]. The second kappa shape index (κ2) is 4.53. The number of rotatable bonds is 0. The minimum Gasteiger partial charge on any atom is -0.416 e. The van der Waals surface area contributed by atoms with Gasteiger partial charge in [-0.1, -0.05) is 0 Å². The quantitative estimate of drug-likeness (QED) is 0.436. The summed E-state index contributed by atoms with van der Waals surface area (Å²) in [6.07, 6.45) is 0. The Kier molecular flexibility index (Phi) is 4.44. The molecule has 0 unspecified atom stereocenters. The molecule has 1 radical (unpaired) electrons. The van der Waals surface area contributed by atoms with Crippen molar-refractivity contribution in [1.82, 2.24) is 0 Å². The molecule has 1 aliphatic heterocycles. The maximum Gasteiger partial charge on any atom is 0.362 e. The molecule has 0 aliphatic carbocycles. The van der Waals surface area contributed by atoms with E-state index in [1.165, 1.54) is 0 Å².